The maximum Gasteiger partial charge on any atom is 0.214 e. The van der Waals surface area contributed by atoms with Crippen molar-refractivity contribution < 1.29 is 9.84 Å². The Morgan fingerprint density at radius 2 is 2.33 bits per heavy atom. The Kier molecular flexibility index (Phi) is 3.25. The monoisotopic (exact) mass is 188 g/mol. The number of hydrogen-bond donors (Lipinski definition) is 1. The zero-order valence-corrected chi connectivity index (χ0v) is 7.38. The molecule has 0 aromatic carbocycles. The number of methoxy groups -OCH3 is 1. The number of nitrogens with zero attached hydrogens (tertiary/aromatic N) is 2. The van der Waals surface area contributed by atoms with Crippen LogP contribution in [0.5, 0.6) is 5.88 Å². The van der Waals surface area contributed by atoms with Crippen molar-refractivity contribution in [1.29, 1.82) is 0 Å². The minimum absolute atomic E-state index is 0.0762. The van der Waals surface area contributed by atoms with Crippen LogP contribution in [0, 0.1) is 0 Å². The SMILES string of the molecule is COCc1nc(O)cc(CCl)n1. The van der Waals surface area contributed by atoms with E-state index in [1.54, 1.807) is 0 Å². The van der Waals surface area contributed by atoms with Gasteiger partial charge in [-0.15, -0.1) is 11.6 Å². The summed E-state index contributed by atoms with van der Waals surface area (Å²) in [5.74, 6) is 0.619. The van der Waals surface area contributed by atoms with Gasteiger partial charge >= 0.3 is 0 Å². The predicted octanol–water partition coefficient (Wildman–Crippen LogP) is 1.07. The van der Waals surface area contributed by atoms with Gasteiger partial charge in [0.1, 0.15) is 6.61 Å². The van der Waals surface area contributed by atoms with E-state index in [1.165, 1.54) is 13.2 Å². The maximum absolute atomic E-state index is 9.09. The number of alkyl halides is 1. The van der Waals surface area contributed by atoms with Crippen LogP contribution < -0.4 is 0 Å². The minimum atomic E-state index is -0.0762. The van der Waals surface area contributed by atoms with Crippen molar-refractivity contribution in [2.24, 2.45) is 0 Å². The molecule has 0 bridgehead atoms. The van der Waals surface area contributed by atoms with Gasteiger partial charge in [-0.2, -0.15) is 4.98 Å². The summed E-state index contributed by atoms with van der Waals surface area (Å²) in [5.41, 5.74) is 0.594. The summed E-state index contributed by atoms with van der Waals surface area (Å²) in [7, 11) is 1.54. The maximum atomic E-state index is 9.09. The first-order valence-electron chi connectivity index (χ1n) is 3.37. The Bertz CT molecular complexity index is 268. The van der Waals surface area contributed by atoms with Gasteiger partial charge in [0.2, 0.25) is 5.88 Å². The number of aromatic hydroxyl groups is 1. The molecule has 1 heterocycles. The molecule has 1 rings (SSSR count). The fourth-order valence-electron chi connectivity index (χ4n) is 0.799. The van der Waals surface area contributed by atoms with E-state index in [1.807, 2.05) is 0 Å². The Balaban J connectivity index is 2.90. The van der Waals surface area contributed by atoms with Crippen molar-refractivity contribution in [3.63, 3.8) is 0 Å². The molecular weight excluding hydrogens is 180 g/mol. The van der Waals surface area contributed by atoms with Gasteiger partial charge in [0.15, 0.2) is 5.82 Å². The molecule has 0 spiro atoms. The third kappa shape index (κ3) is 2.32. The van der Waals surface area contributed by atoms with Crippen molar-refractivity contribution in [3.05, 3.63) is 17.6 Å². The lowest BCUT2D eigenvalue weighted by Gasteiger charge is -2.00. The third-order valence-electron chi connectivity index (χ3n) is 1.22. The molecule has 0 fully saturated rings. The quantitative estimate of drug-likeness (QED) is 0.721. The van der Waals surface area contributed by atoms with E-state index in [-0.39, 0.29) is 18.4 Å². The van der Waals surface area contributed by atoms with Crippen molar-refractivity contribution >= 4 is 11.6 Å². The first-order valence-corrected chi connectivity index (χ1v) is 3.90. The molecule has 0 saturated heterocycles. The Hall–Kier alpha value is -0.870. The zero-order chi connectivity index (χ0) is 8.97. The average Bonchev–Trinajstić information content (AvgIpc) is 2.04. The molecule has 12 heavy (non-hydrogen) atoms. The summed E-state index contributed by atoms with van der Waals surface area (Å²) in [4.78, 5) is 7.75. The van der Waals surface area contributed by atoms with Crippen LogP contribution in [-0.2, 0) is 17.2 Å². The van der Waals surface area contributed by atoms with Crippen LogP contribution in [0.15, 0.2) is 6.07 Å². The van der Waals surface area contributed by atoms with Gasteiger partial charge in [-0.3, -0.25) is 0 Å². The fourth-order valence-corrected chi connectivity index (χ4v) is 0.936. The summed E-state index contributed by atoms with van der Waals surface area (Å²) >= 11 is 5.53. The number of ether oxygens (including phenoxy) is 1. The molecule has 0 amide bonds. The summed E-state index contributed by atoms with van der Waals surface area (Å²) in [6.07, 6.45) is 0. The second-order valence-corrected chi connectivity index (χ2v) is 2.47. The molecule has 66 valence electrons. The zero-order valence-electron chi connectivity index (χ0n) is 6.62. The predicted molar refractivity (Wildman–Crippen MR) is 44.0 cm³/mol. The largest absolute Gasteiger partial charge is 0.493 e. The van der Waals surface area contributed by atoms with E-state index in [0.29, 0.717) is 11.5 Å². The lowest BCUT2D eigenvalue weighted by Crippen LogP contribution is -1.99. The van der Waals surface area contributed by atoms with Crippen molar-refractivity contribution in [3.8, 4) is 5.88 Å². The third-order valence-corrected chi connectivity index (χ3v) is 1.50. The van der Waals surface area contributed by atoms with Gasteiger partial charge in [-0.1, -0.05) is 0 Å². The van der Waals surface area contributed by atoms with E-state index >= 15 is 0 Å². The van der Waals surface area contributed by atoms with E-state index < -0.39 is 0 Å². The lowest BCUT2D eigenvalue weighted by molar-refractivity contribution is 0.176. The van der Waals surface area contributed by atoms with Crippen LogP contribution in [0.2, 0.25) is 0 Å². The van der Waals surface area contributed by atoms with Gasteiger partial charge < -0.3 is 9.84 Å². The normalized spacial score (nSPS) is 10.2. The molecule has 0 aliphatic carbocycles. The molecule has 0 atom stereocenters. The van der Waals surface area contributed by atoms with Crippen LogP contribution in [0.4, 0.5) is 0 Å². The van der Waals surface area contributed by atoms with Gasteiger partial charge in [0.05, 0.1) is 11.6 Å². The van der Waals surface area contributed by atoms with Crippen molar-refractivity contribution in [1.82, 2.24) is 9.97 Å². The van der Waals surface area contributed by atoms with Crippen LogP contribution >= 0.6 is 11.6 Å². The van der Waals surface area contributed by atoms with Gasteiger partial charge in [-0.05, 0) is 0 Å². The number of halogens is 1. The standard InChI is InChI=1S/C7H9ClN2O2/c1-12-4-6-9-5(3-8)2-7(11)10-6/h2H,3-4H2,1H3,(H,9,10,11). The van der Waals surface area contributed by atoms with E-state index in [2.05, 4.69) is 9.97 Å². The van der Waals surface area contributed by atoms with E-state index in [4.69, 9.17) is 21.4 Å². The van der Waals surface area contributed by atoms with E-state index in [9.17, 15) is 0 Å². The van der Waals surface area contributed by atoms with Crippen LogP contribution in [0.1, 0.15) is 11.5 Å². The molecule has 0 radical (unpaired) electrons. The molecular formula is C7H9ClN2O2. The second-order valence-electron chi connectivity index (χ2n) is 2.20. The van der Waals surface area contributed by atoms with Crippen LogP contribution in [0.3, 0.4) is 0 Å². The van der Waals surface area contributed by atoms with Gasteiger partial charge in [-0.25, -0.2) is 4.98 Å². The molecule has 0 aliphatic heterocycles. The smallest absolute Gasteiger partial charge is 0.214 e. The molecule has 1 N–H and O–H groups in total. The highest BCUT2D eigenvalue weighted by atomic mass is 35.5. The molecule has 1 aromatic heterocycles. The first kappa shape index (κ1) is 9.22. The van der Waals surface area contributed by atoms with Crippen LogP contribution in [-0.4, -0.2) is 22.2 Å². The molecule has 5 heteroatoms. The summed E-state index contributed by atoms with van der Waals surface area (Å²) < 4.78 is 4.80. The average molecular weight is 189 g/mol. The van der Waals surface area contributed by atoms with Gasteiger partial charge in [0.25, 0.3) is 0 Å². The lowest BCUT2D eigenvalue weighted by atomic mass is 10.4. The molecule has 4 nitrogen and oxygen atoms in total. The Labute approximate surface area is 75.2 Å². The van der Waals surface area contributed by atoms with E-state index in [0.717, 1.165) is 0 Å². The number of rotatable bonds is 3. The number of hydrogen-bond acceptors (Lipinski definition) is 4. The fraction of sp³-hybridized carbons (Fsp3) is 0.429. The molecule has 1 aromatic rings. The topological polar surface area (TPSA) is 55.2 Å². The second kappa shape index (κ2) is 4.23. The number of aromatic nitrogens is 2. The van der Waals surface area contributed by atoms with Crippen molar-refractivity contribution in [2.45, 2.75) is 12.5 Å². The Morgan fingerprint density at radius 3 is 2.92 bits per heavy atom. The molecule has 0 aliphatic rings. The molecule has 0 saturated carbocycles. The minimum Gasteiger partial charge on any atom is -0.493 e. The Morgan fingerprint density at radius 1 is 1.58 bits per heavy atom. The van der Waals surface area contributed by atoms with Crippen LogP contribution in [0.25, 0.3) is 0 Å². The van der Waals surface area contributed by atoms with Gasteiger partial charge in [0, 0.05) is 13.2 Å². The highest BCUT2D eigenvalue weighted by molar-refractivity contribution is 6.16. The summed E-state index contributed by atoms with van der Waals surface area (Å²) in [6, 6.07) is 1.42. The highest BCUT2D eigenvalue weighted by Gasteiger charge is 2.01. The highest BCUT2D eigenvalue weighted by Crippen LogP contribution is 2.09. The molecule has 0 unspecified atom stereocenters. The first-order chi connectivity index (χ1) is 5.76. The summed E-state index contributed by atoms with van der Waals surface area (Å²) in [5, 5.41) is 9.09. The summed E-state index contributed by atoms with van der Waals surface area (Å²) in [6.45, 7) is 0.276. The van der Waals surface area contributed by atoms with Crippen molar-refractivity contribution in [2.75, 3.05) is 7.11 Å².